The molecule has 0 fully saturated rings. The molecule has 290 valence electrons. The second kappa shape index (κ2) is 16.9. The third-order valence-corrected chi connectivity index (χ3v) is 10.7. The van der Waals surface area contributed by atoms with Gasteiger partial charge in [0.2, 0.25) is 0 Å². The Morgan fingerprint density at radius 1 is 0.242 bits per heavy atom. The molecule has 0 aliphatic rings. The number of aromatic nitrogens is 6. The maximum atomic E-state index is 9.73. The van der Waals surface area contributed by atoms with Gasteiger partial charge in [-0.2, -0.15) is 5.26 Å². The molecule has 10 aromatic rings. The van der Waals surface area contributed by atoms with E-state index in [9.17, 15) is 5.26 Å². The number of nitrogens with zero attached hydrogens (tertiary/aromatic N) is 7. The summed E-state index contributed by atoms with van der Waals surface area (Å²) in [5, 5.41) is 9.73. The summed E-state index contributed by atoms with van der Waals surface area (Å²) >= 11 is 0. The lowest BCUT2D eigenvalue weighted by Gasteiger charge is -2.18. The van der Waals surface area contributed by atoms with Crippen LogP contribution in [0.15, 0.2) is 212 Å². The predicted molar refractivity (Wildman–Crippen MR) is 247 cm³/mol. The van der Waals surface area contributed by atoms with Crippen LogP contribution in [0.25, 0.3) is 102 Å². The first kappa shape index (κ1) is 37.5. The molecule has 2 heterocycles. The van der Waals surface area contributed by atoms with Gasteiger partial charge >= 0.3 is 0 Å². The first-order chi connectivity index (χ1) is 30.7. The van der Waals surface area contributed by atoms with E-state index in [4.69, 9.17) is 29.9 Å². The van der Waals surface area contributed by atoms with Crippen LogP contribution in [-0.2, 0) is 0 Å². The molecular weight excluding hydrogens is 759 g/mol. The van der Waals surface area contributed by atoms with Gasteiger partial charge in [-0.25, -0.2) is 29.9 Å². The molecular formula is C55H35N7. The van der Waals surface area contributed by atoms with Gasteiger partial charge in [0.25, 0.3) is 0 Å². The second-order valence-electron chi connectivity index (χ2n) is 14.7. The number of nitriles is 1. The Morgan fingerprint density at radius 3 is 1.00 bits per heavy atom. The summed E-state index contributed by atoms with van der Waals surface area (Å²) in [4.78, 5) is 30.5. The van der Waals surface area contributed by atoms with Crippen LogP contribution in [0.4, 0.5) is 0 Å². The zero-order valence-corrected chi connectivity index (χ0v) is 33.3. The Kier molecular flexibility index (Phi) is 10.2. The van der Waals surface area contributed by atoms with Crippen LogP contribution in [-0.4, -0.2) is 29.9 Å². The first-order valence-electron chi connectivity index (χ1n) is 20.3. The molecule has 10 rings (SSSR count). The van der Waals surface area contributed by atoms with Gasteiger partial charge in [-0.1, -0.05) is 182 Å². The van der Waals surface area contributed by atoms with Gasteiger partial charge in [0.1, 0.15) is 0 Å². The predicted octanol–water partition coefficient (Wildman–Crippen LogP) is 12.9. The van der Waals surface area contributed by atoms with Crippen LogP contribution in [0.3, 0.4) is 0 Å². The van der Waals surface area contributed by atoms with Gasteiger partial charge in [-0.3, -0.25) is 0 Å². The zero-order valence-electron chi connectivity index (χ0n) is 33.3. The fraction of sp³-hybridized carbons (Fsp3) is 0. The summed E-state index contributed by atoms with van der Waals surface area (Å²) in [7, 11) is 0. The highest BCUT2D eigenvalue weighted by atomic mass is 15.0. The molecule has 62 heavy (non-hydrogen) atoms. The molecule has 8 aromatic carbocycles. The van der Waals surface area contributed by atoms with E-state index in [-0.39, 0.29) is 0 Å². The lowest BCUT2D eigenvalue weighted by atomic mass is 9.87. The standard InChI is InChI=1S/C55H35N7/c56-36-37-26-28-39(29-27-37)46-32-31-45(54-59-50(40-18-8-2-9-19-40)57-51(60-54)41-20-10-3-11-21-41)35-48(46)49-34-44(38-16-6-1-7-17-38)30-33-47(49)55-61-52(42-22-12-4-13-23-42)58-53(62-55)43-24-14-5-15-25-43/h1-35H. The maximum Gasteiger partial charge on any atom is 0.164 e. The van der Waals surface area contributed by atoms with Crippen LogP contribution in [0.1, 0.15) is 5.56 Å². The lowest BCUT2D eigenvalue weighted by Crippen LogP contribution is -2.02. The van der Waals surface area contributed by atoms with Gasteiger partial charge in [-0.15, -0.1) is 0 Å². The van der Waals surface area contributed by atoms with E-state index in [1.54, 1.807) is 0 Å². The van der Waals surface area contributed by atoms with E-state index in [0.717, 1.165) is 66.8 Å². The van der Waals surface area contributed by atoms with Gasteiger partial charge < -0.3 is 0 Å². The summed E-state index contributed by atoms with van der Waals surface area (Å²) in [5.74, 6) is 3.35. The van der Waals surface area contributed by atoms with E-state index in [0.29, 0.717) is 40.5 Å². The largest absolute Gasteiger partial charge is 0.208 e. The third kappa shape index (κ3) is 7.75. The Balaban J connectivity index is 1.25. The number of rotatable bonds is 9. The third-order valence-electron chi connectivity index (χ3n) is 10.7. The molecule has 0 amide bonds. The number of hydrogen-bond donors (Lipinski definition) is 0. The molecule has 0 spiro atoms. The molecule has 2 aromatic heterocycles. The summed E-state index contributed by atoms with van der Waals surface area (Å²) in [6, 6.07) is 73.0. The Bertz CT molecular complexity index is 3090. The van der Waals surface area contributed by atoms with Crippen molar-refractivity contribution in [1.82, 2.24) is 29.9 Å². The quantitative estimate of drug-likeness (QED) is 0.143. The monoisotopic (exact) mass is 793 g/mol. The Morgan fingerprint density at radius 2 is 0.565 bits per heavy atom. The summed E-state index contributed by atoms with van der Waals surface area (Å²) in [5.41, 5.74) is 11.5. The van der Waals surface area contributed by atoms with Crippen LogP contribution in [0.2, 0.25) is 0 Å². The van der Waals surface area contributed by atoms with E-state index < -0.39 is 0 Å². The Labute approximate surface area is 359 Å². The van der Waals surface area contributed by atoms with E-state index in [1.165, 1.54) is 0 Å². The topological polar surface area (TPSA) is 101 Å². The second-order valence-corrected chi connectivity index (χ2v) is 14.7. The van der Waals surface area contributed by atoms with E-state index in [2.05, 4.69) is 54.6 Å². The molecule has 0 aliphatic carbocycles. The van der Waals surface area contributed by atoms with Crippen molar-refractivity contribution in [2.75, 3.05) is 0 Å². The highest BCUT2D eigenvalue weighted by molar-refractivity contribution is 5.94. The van der Waals surface area contributed by atoms with Crippen LogP contribution >= 0.6 is 0 Å². The van der Waals surface area contributed by atoms with Crippen molar-refractivity contribution in [3.8, 4) is 108 Å². The lowest BCUT2D eigenvalue weighted by molar-refractivity contribution is 1.07. The molecule has 7 heteroatoms. The molecule has 0 atom stereocenters. The summed E-state index contributed by atoms with van der Waals surface area (Å²) < 4.78 is 0. The molecule has 0 radical (unpaired) electrons. The van der Waals surface area contributed by atoms with Gasteiger partial charge in [-0.05, 0) is 63.7 Å². The van der Waals surface area contributed by atoms with E-state index in [1.807, 2.05) is 164 Å². The number of benzene rings is 8. The molecule has 0 saturated heterocycles. The molecule has 7 nitrogen and oxygen atoms in total. The maximum absolute atomic E-state index is 9.73. The van der Waals surface area contributed by atoms with Crippen molar-refractivity contribution in [1.29, 1.82) is 5.26 Å². The minimum absolute atomic E-state index is 0.529. The minimum Gasteiger partial charge on any atom is -0.208 e. The van der Waals surface area contributed by atoms with Gasteiger partial charge in [0.15, 0.2) is 34.9 Å². The average Bonchev–Trinajstić information content (AvgIpc) is 3.37. The van der Waals surface area contributed by atoms with Crippen molar-refractivity contribution < 1.29 is 0 Å². The van der Waals surface area contributed by atoms with Gasteiger partial charge in [0, 0.05) is 33.4 Å². The molecule has 0 N–H and O–H groups in total. The average molecular weight is 794 g/mol. The summed E-state index contributed by atoms with van der Waals surface area (Å²) in [6.45, 7) is 0. The van der Waals surface area contributed by atoms with Crippen LogP contribution in [0.5, 0.6) is 0 Å². The highest BCUT2D eigenvalue weighted by Gasteiger charge is 2.21. The first-order valence-corrected chi connectivity index (χ1v) is 20.3. The zero-order chi connectivity index (χ0) is 41.7. The van der Waals surface area contributed by atoms with Crippen LogP contribution < -0.4 is 0 Å². The van der Waals surface area contributed by atoms with Crippen molar-refractivity contribution in [2.24, 2.45) is 0 Å². The van der Waals surface area contributed by atoms with E-state index >= 15 is 0 Å². The molecule has 0 unspecified atom stereocenters. The minimum atomic E-state index is 0.529. The highest BCUT2D eigenvalue weighted by Crippen LogP contribution is 2.42. The van der Waals surface area contributed by atoms with Gasteiger partial charge in [0.05, 0.1) is 11.6 Å². The van der Waals surface area contributed by atoms with Crippen molar-refractivity contribution in [2.45, 2.75) is 0 Å². The fourth-order valence-corrected chi connectivity index (χ4v) is 7.52. The smallest absolute Gasteiger partial charge is 0.164 e. The molecule has 0 aliphatic heterocycles. The molecule has 0 saturated carbocycles. The number of hydrogen-bond acceptors (Lipinski definition) is 7. The van der Waals surface area contributed by atoms with Crippen molar-refractivity contribution >= 4 is 0 Å². The van der Waals surface area contributed by atoms with Crippen molar-refractivity contribution in [3.63, 3.8) is 0 Å². The summed E-state index contributed by atoms with van der Waals surface area (Å²) in [6.07, 6.45) is 0. The normalized spacial score (nSPS) is 10.9. The fourth-order valence-electron chi connectivity index (χ4n) is 7.52. The van der Waals surface area contributed by atoms with Crippen LogP contribution in [0, 0.1) is 11.3 Å². The molecule has 0 bridgehead atoms. The Hall–Kier alpha value is -8.73. The van der Waals surface area contributed by atoms with Crippen molar-refractivity contribution in [3.05, 3.63) is 218 Å². The SMILES string of the molecule is N#Cc1ccc(-c2ccc(-c3nc(-c4ccccc4)nc(-c4ccccc4)n3)cc2-c2cc(-c3ccccc3)ccc2-c2nc(-c3ccccc3)nc(-c3ccccc3)n2)cc1.